The molecule has 3 nitrogen and oxygen atoms in total. The molecule has 0 radical (unpaired) electrons. The number of hydrogen-bond donors (Lipinski definition) is 1. The predicted octanol–water partition coefficient (Wildman–Crippen LogP) is 3.21. The van der Waals surface area contributed by atoms with Crippen molar-refractivity contribution in [3.8, 4) is 0 Å². The Morgan fingerprint density at radius 1 is 1.33 bits per heavy atom. The third-order valence-corrected chi connectivity index (χ3v) is 2.79. The zero-order chi connectivity index (χ0) is 13.1. The summed E-state index contributed by atoms with van der Waals surface area (Å²) in [6, 6.07) is 7.46. The molecule has 2 aromatic rings. The molecule has 0 aliphatic heterocycles. The summed E-state index contributed by atoms with van der Waals surface area (Å²) in [5.41, 5.74) is 1.34. The molecule has 1 N–H and O–H groups in total. The van der Waals surface area contributed by atoms with Crippen molar-refractivity contribution >= 4 is 17.4 Å². The molecule has 5 heteroatoms. The summed E-state index contributed by atoms with van der Waals surface area (Å²) in [5, 5.41) is 3.39. The molecule has 0 atom stereocenters. The Hall–Kier alpha value is -1.68. The number of benzene rings is 1. The summed E-state index contributed by atoms with van der Waals surface area (Å²) in [5.74, 6) is 0.382. The van der Waals surface area contributed by atoms with Gasteiger partial charge < -0.3 is 5.32 Å². The van der Waals surface area contributed by atoms with E-state index >= 15 is 0 Å². The lowest BCUT2D eigenvalue weighted by atomic mass is 10.1. The van der Waals surface area contributed by atoms with Crippen LogP contribution in [-0.2, 0) is 6.42 Å². The summed E-state index contributed by atoms with van der Waals surface area (Å²) in [4.78, 5) is 8.27. The van der Waals surface area contributed by atoms with Gasteiger partial charge in [-0.25, -0.2) is 14.4 Å². The average molecular weight is 266 g/mol. The third-order valence-electron chi connectivity index (χ3n) is 2.55. The number of nitrogens with zero attached hydrogens (tertiary/aromatic N) is 2. The van der Waals surface area contributed by atoms with Crippen molar-refractivity contribution in [3.05, 3.63) is 52.2 Å². The Morgan fingerprint density at radius 2 is 2.11 bits per heavy atom. The van der Waals surface area contributed by atoms with Gasteiger partial charge in [0, 0.05) is 18.5 Å². The largest absolute Gasteiger partial charge is 0.371 e. The van der Waals surface area contributed by atoms with Crippen LogP contribution in [0.1, 0.15) is 17.1 Å². The Bertz CT molecular complexity index is 572. The van der Waals surface area contributed by atoms with Crippen LogP contribution in [0, 0.1) is 12.7 Å². The highest BCUT2D eigenvalue weighted by Gasteiger charge is 2.10. The number of nitrogens with one attached hydrogen (secondary N) is 1. The van der Waals surface area contributed by atoms with Gasteiger partial charge in [-0.1, -0.05) is 23.7 Å². The van der Waals surface area contributed by atoms with Crippen molar-refractivity contribution in [3.63, 3.8) is 0 Å². The number of aryl methyl sites for hydroxylation is 1. The average Bonchev–Trinajstić information content (AvgIpc) is 2.33. The van der Waals surface area contributed by atoms with Crippen LogP contribution in [0.3, 0.4) is 0 Å². The molecule has 0 aliphatic carbocycles. The van der Waals surface area contributed by atoms with Crippen molar-refractivity contribution in [2.24, 2.45) is 0 Å². The molecule has 0 unspecified atom stereocenters. The van der Waals surface area contributed by atoms with Gasteiger partial charge in [-0.15, -0.1) is 0 Å². The van der Waals surface area contributed by atoms with E-state index in [9.17, 15) is 4.39 Å². The number of hydrogen-bond acceptors (Lipinski definition) is 3. The van der Waals surface area contributed by atoms with Gasteiger partial charge in [-0.3, -0.25) is 0 Å². The molecule has 1 aromatic heterocycles. The van der Waals surface area contributed by atoms with Gasteiger partial charge >= 0.3 is 0 Å². The summed E-state index contributed by atoms with van der Waals surface area (Å²) in [6.07, 6.45) is 0.524. The van der Waals surface area contributed by atoms with Crippen LogP contribution < -0.4 is 5.32 Å². The molecule has 2 rings (SSSR count). The SMILES string of the molecule is CNc1nc(Cc2cccc(Cl)c2)nc(C)c1F. The molecular weight excluding hydrogens is 253 g/mol. The molecule has 0 fully saturated rings. The molecule has 0 spiro atoms. The van der Waals surface area contributed by atoms with Crippen LogP contribution in [-0.4, -0.2) is 17.0 Å². The van der Waals surface area contributed by atoms with Gasteiger partial charge in [0.1, 0.15) is 5.82 Å². The minimum atomic E-state index is -0.410. The second-order valence-electron chi connectivity index (χ2n) is 3.94. The molecular formula is C13H13ClFN3. The van der Waals surface area contributed by atoms with Gasteiger partial charge in [-0.05, 0) is 24.6 Å². The first-order valence-electron chi connectivity index (χ1n) is 5.55. The molecule has 1 heterocycles. The lowest BCUT2D eigenvalue weighted by molar-refractivity contribution is 0.602. The molecule has 1 aromatic carbocycles. The van der Waals surface area contributed by atoms with Gasteiger partial charge in [-0.2, -0.15) is 0 Å². The zero-order valence-corrected chi connectivity index (χ0v) is 10.9. The Balaban J connectivity index is 2.32. The van der Waals surface area contributed by atoms with E-state index in [1.165, 1.54) is 0 Å². The number of rotatable bonds is 3. The fourth-order valence-electron chi connectivity index (χ4n) is 1.69. The van der Waals surface area contributed by atoms with Crippen LogP contribution >= 0.6 is 11.6 Å². The maximum Gasteiger partial charge on any atom is 0.186 e. The quantitative estimate of drug-likeness (QED) is 0.926. The maximum absolute atomic E-state index is 13.6. The Morgan fingerprint density at radius 3 is 2.78 bits per heavy atom. The van der Waals surface area contributed by atoms with Gasteiger partial charge in [0.25, 0.3) is 0 Å². The Labute approximate surface area is 110 Å². The maximum atomic E-state index is 13.6. The summed E-state index contributed by atoms with van der Waals surface area (Å²) in [6.45, 7) is 1.62. The first-order chi connectivity index (χ1) is 8.60. The first-order valence-corrected chi connectivity index (χ1v) is 5.93. The topological polar surface area (TPSA) is 37.8 Å². The van der Waals surface area contributed by atoms with E-state index in [-0.39, 0.29) is 5.82 Å². The highest BCUT2D eigenvalue weighted by atomic mass is 35.5. The van der Waals surface area contributed by atoms with Crippen molar-refractivity contribution in [1.29, 1.82) is 0 Å². The standard InChI is InChI=1S/C13H13ClFN3/c1-8-12(15)13(16-2)18-11(17-8)7-9-4-3-5-10(14)6-9/h3-6H,7H2,1-2H3,(H,16,17,18). The van der Waals surface area contributed by atoms with E-state index in [1.54, 1.807) is 20.0 Å². The number of anilines is 1. The third kappa shape index (κ3) is 2.76. The van der Waals surface area contributed by atoms with Gasteiger partial charge in [0.15, 0.2) is 11.6 Å². The van der Waals surface area contributed by atoms with Crippen LogP contribution in [0.2, 0.25) is 5.02 Å². The monoisotopic (exact) mass is 265 g/mol. The van der Waals surface area contributed by atoms with Gasteiger partial charge in [0.2, 0.25) is 0 Å². The van der Waals surface area contributed by atoms with Crippen LogP contribution in [0.15, 0.2) is 24.3 Å². The molecule has 94 valence electrons. The van der Waals surface area contributed by atoms with Crippen molar-refractivity contribution in [2.45, 2.75) is 13.3 Å². The second kappa shape index (κ2) is 5.31. The molecule has 0 saturated heterocycles. The van der Waals surface area contributed by atoms with E-state index in [4.69, 9.17) is 11.6 Å². The zero-order valence-electron chi connectivity index (χ0n) is 10.2. The van der Waals surface area contributed by atoms with E-state index in [0.717, 1.165) is 5.56 Å². The van der Waals surface area contributed by atoms with Crippen LogP contribution in [0.25, 0.3) is 0 Å². The van der Waals surface area contributed by atoms with Crippen molar-refractivity contribution < 1.29 is 4.39 Å². The van der Waals surface area contributed by atoms with E-state index in [1.807, 2.05) is 18.2 Å². The van der Waals surface area contributed by atoms with E-state index in [0.29, 0.717) is 23.0 Å². The Kier molecular flexibility index (Phi) is 3.77. The first kappa shape index (κ1) is 12.8. The van der Waals surface area contributed by atoms with E-state index < -0.39 is 5.82 Å². The van der Waals surface area contributed by atoms with Gasteiger partial charge in [0.05, 0.1) is 5.69 Å². The number of halogens is 2. The fraction of sp³-hybridized carbons (Fsp3) is 0.231. The lowest BCUT2D eigenvalue weighted by Gasteiger charge is -2.07. The fourth-order valence-corrected chi connectivity index (χ4v) is 1.90. The second-order valence-corrected chi connectivity index (χ2v) is 4.38. The summed E-state index contributed by atoms with van der Waals surface area (Å²) < 4.78 is 13.6. The normalized spacial score (nSPS) is 10.4. The molecule has 0 bridgehead atoms. The predicted molar refractivity (Wildman–Crippen MR) is 70.5 cm³/mol. The minimum absolute atomic E-state index is 0.222. The molecule has 0 amide bonds. The molecule has 18 heavy (non-hydrogen) atoms. The molecule has 0 aliphatic rings. The van der Waals surface area contributed by atoms with Crippen LogP contribution in [0.4, 0.5) is 10.2 Å². The highest BCUT2D eigenvalue weighted by molar-refractivity contribution is 6.30. The van der Waals surface area contributed by atoms with Crippen molar-refractivity contribution in [1.82, 2.24) is 9.97 Å². The van der Waals surface area contributed by atoms with E-state index in [2.05, 4.69) is 15.3 Å². The lowest BCUT2D eigenvalue weighted by Crippen LogP contribution is -2.06. The smallest absolute Gasteiger partial charge is 0.186 e. The number of aromatic nitrogens is 2. The van der Waals surface area contributed by atoms with Crippen LogP contribution in [0.5, 0.6) is 0 Å². The highest BCUT2D eigenvalue weighted by Crippen LogP contribution is 2.17. The molecule has 0 saturated carbocycles. The van der Waals surface area contributed by atoms with Crippen molar-refractivity contribution in [2.75, 3.05) is 12.4 Å². The summed E-state index contributed by atoms with van der Waals surface area (Å²) >= 11 is 5.91. The summed E-state index contributed by atoms with van der Waals surface area (Å²) in [7, 11) is 1.63. The minimum Gasteiger partial charge on any atom is -0.371 e.